The lowest BCUT2D eigenvalue weighted by molar-refractivity contribution is 0.0730. The number of nitrogens with zero attached hydrogens (tertiary/aromatic N) is 2. The summed E-state index contributed by atoms with van der Waals surface area (Å²) in [4.78, 5) is 15.4. The van der Waals surface area contributed by atoms with Gasteiger partial charge in [0.05, 0.1) is 25.5 Å². The van der Waals surface area contributed by atoms with Crippen LogP contribution in [0.25, 0.3) is 11.3 Å². The first-order valence-electron chi connectivity index (χ1n) is 11.6. The number of benzene rings is 3. The average molecular weight is 472 g/mol. The zero-order valence-electron chi connectivity index (χ0n) is 19.6. The van der Waals surface area contributed by atoms with E-state index in [0.717, 1.165) is 34.4 Å². The summed E-state index contributed by atoms with van der Waals surface area (Å²) in [6, 6.07) is 21.3. The molecule has 5 rings (SSSR count). The molecule has 0 saturated heterocycles. The summed E-state index contributed by atoms with van der Waals surface area (Å²) in [6.45, 7) is 2.94. The molecule has 3 aromatic carbocycles. The number of fused-ring (bicyclic) bond motifs is 1. The van der Waals surface area contributed by atoms with E-state index < -0.39 is 6.04 Å². The average Bonchev–Trinajstić information content (AvgIpc) is 3.43. The third kappa shape index (κ3) is 4.25. The van der Waals surface area contributed by atoms with Gasteiger partial charge in [-0.15, -0.1) is 0 Å². The van der Waals surface area contributed by atoms with E-state index in [-0.39, 0.29) is 11.7 Å². The summed E-state index contributed by atoms with van der Waals surface area (Å²) in [5.41, 5.74) is 4.62. The second-order valence-electron chi connectivity index (χ2n) is 8.45. The number of nitrogens with one attached hydrogen (secondary N) is 1. The number of carbonyl (C=O) groups is 1. The van der Waals surface area contributed by atoms with Crippen molar-refractivity contribution in [1.82, 2.24) is 15.1 Å². The number of ether oxygens (including phenoxy) is 2. The van der Waals surface area contributed by atoms with E-state index in [2.05, 4.69) is 10.2 Å². The van der Waals surface area contributed by atoms with Crippen LogP contribution in [0, 0.1) is 5.82 Å². The molecule has 1 amide bonds. The van der Waals surface area contributed by atoms with Crippen LogP contribution in [0.4, 0.5) is 4.39 Å². The van der Waals surface area contributed by atoms with Crippen LogP contribution in [-0.2, 0) is 6.54 Å². The molecule has 0 fully saturated rings. The summed E-state index contributed by atoms with van der Waals surface area (Å²) in [7, 11) is 1.60. The van der Waals surface area contributed by atoms with Crippen molar-refractivity contribution in [2.24, 2.45) is 0 Å². The van der Waals surface area contributed by atoms with Gasteiger partial charge in [-0.2, -0.15) is 5.10 Å². The second-order valence-corrected chi connectivity index (χ2v) is 8.45. The van der Waals surface area contributed by atoms with Gasteiger partial charge in [0.15, 0.2) is 11.5 Å². The van der Waals surface area contributed by atoms with Crippen LogP contribution in [-0.4, -0.2) is 34.7 Å². The van der Waals surface area contributed by atoms with Crippen molar-refractivity contribution >= 4 is 5.91 Å². The lowest BCUT2D eigenvalue weighted by atomic mass is 9.95. The molecule has 6 nitrogen and oxygen atoms in total. The van der Waals surface area contributed by atoms with Gasteiger partial charge in [-0.25, -0.2) is 4.39 Å². The number of aromatic nitrogens is 2. The van der Waals surface area contributed by atoms with Crippen LogP contribution in [0.3, 0.4) is 0 Å². The Morgan fingerprint density at radius 1 is 1.03 bits per heavy atom. The summed E-state index contributed by atoms with van der Waals surface area (Å²) >= 11 is 0. The molecule has 4 aromatic rings. The maximum absolute atomic E-state index is 13.6. The molecule has 1 aromatic heterocycles. The number of rotatable bonds is 8. The maximum Gasteiger partial charge on any atom is 0.273 e. The van der Waals surface area contributed by atoms with E-state index in [1.807, 2.05) is 55.5 Å². The van der Waals surface area contributed by atoms with E-state index in [1.54, 1.807) is 24.1 Å². The molecule has 0 bridgehead atoms. The fourth-order valence-electron chi connectivity index (χ4n) is 4.49. The predicted molar refractivity (Wildman–Crippen MR) is 131 cm³/mol. The number of H-pyrrole nitrogens is 1. The molecule has 0 spiro atoms. The SMILES string of the molecule is CCCOc1ccc(C2c3c(-c4ccccc4)n[nH]c3C(=O)N2Cc2ccc(F)cc2)cc1OC. The molecule has 1 N–H and O–H groups in total. The zero-order valence-corrected chi connectivity index (χ0v) is 19.6. The monoisotopic (exact) mass is 471 g/mol. The molecular weight excluding hydrogens is 445 g/mol. The standard InChI is InChI=1S/C28H26FN3O3/c1-3-15-35-22-14-11-20(16-23(22)34-2)27-24-25(19-7-5-4-6-8-19)30-31-26(24)28(33)32(27)17-18-9-12-21(29)13-10-18/h4-14,16,27H,3,15,17H2,1-2H3,(H,30,31). The van der Waals surface area contributed by atoms with Crippen LogP contribution in [0.2, 0.25) is 0 Å². The first kappa shape index (κ1) is 22.7. The Bertz CT molecular complexity index is 1340. The Labute approximate surface area is 203 Å². The smallest absolute Gasteiger partial charge is 0.273 e. The Morgan fingerprint density at radius 2 is 1.80 bits per heavy atom. The van der Waals surface area contributed by atoms with Gasteiger partial charge in [0.25, 0.3) is 5.91 Å². The van der Waals surface area contributed by atoms with Gasteiger partial charge in [0.1, 0.15) is 11.5 Å². The van der Waals surface area contributed by atoms with Crippen molar-refractivity contribution < 1.29 is 18.7 Å². The van der Waals surface area contributed by atoms with Gasteiger partial charge in [-0.1, -0.05) is 55.5 Å². The molecule has 1 aliphatic rings. The summed E-state index contributed by atoms with van der Waals surface area (Å²) in [5.74, 6) is 0.784. The van der Waals surface area contributed by atoms with Crippen molar-refractivity contribution in [2.75, 3.05) is 13.7 Å². The number of aromatic amines is 1. The van der Waals surface area contributed by atoms with Crippen LogP contribution >= 0.6 is 0 Å². The lowest BCUT2D eigenvalue weighted by Crippen LogP contribution is -2.29. The van der Waals surface area contributed by atoms with Crippen molar-refractivity contribution in [2.45, 2.75) is 25.9 Å². The molecule has 7 heteroatoms. The molecule has 2 heterocycles. The molecule has 1 unspecified atom stereocenters. The number of carbonyl (C=O) groups excluding carboxylic acids is 1. The van der Waals surface area contributed by atoms with Crippen molar-refractivity contribution in [3.8, 4) is 22.8 Å². The van der Waals surface area contributed by atoms with Gasteiger partial charge < -0.3 is 14.4 Å². The molecule has 35 heavy (non-hydrogen) atoms. The van der Waals surface area contributed by atoms with Crippen LogP contribution in [0.15, 0.2) is 72.8 Å². The maximum atomic E-state index is 13.6. The first-order chi connectivity index (χ1) is 17.1. The topological polar surface area (TPSA) is 67.5 Å². The number of hydrogen-bond donors (Lipinski definition) is 1. The number of methoxy groups -OCH3 is 1. The number of halogens is 1. The van der Waals surface area contributed by atoms with E-state index in [4.69, 9.17) is 9.47 Å². The van der Waals surface area contributed by atoms with Gasteiger partial charge in [-0.05, 0) is 41.8 Å². The van der Waals surface area contributed by atoms with Crippen LogP contribution in [0.1, 0.15) is 46.6 Å². The summed E-state index contributed by atoms with van der Waals surface area (Å²) < 4.78 is 25.0. The minimum Gasteiger partial charge on any atom is -0.493 e. The highest BCUT2D eigenvalue weighted by atomic mass is 19.1. The van der Waals surface area contributed by atoms with E-state index in [9.17, 15) is 9.18 Å². The fraction of sp³-hybridized carbons (Fsp3) is 0.214. The Kier molecular flexibility index (Phi) is 6.23. The van der Waals surface area contributed by atoms with Crippen LogP contribution in [0.5, 0.6) is 11.5 Å². The minimum absolute atomic E-state index is 0.158. The Hall–Kier alpha value is -4.13. The van der Waals surface area contributed by atoms with Gasteiger partial charge in [-0.3, -0.25) is 9.89 Å². The molecular formula is C28H26FN3O3. The zero-order chi connectivity index (χ0) is 24.4. The molecule has 178 valence electrons. The summed E-state index contributed by atoms with van der Waals surface area (Å²) in [6.07, 6.45) is 0.881. The van der Waals surface area contributed by atoms with Gasteiger partial charge in [0.2, 0.25) is 0 Å². The van der Waals surface area contributed by atoms with Crippen molar-refractivity contribution in [3.63, 3.8) is 0 Å². The summed E-state index contributed by atoms with van der Waals surface area (Å²) in [5, 5.41) is 7.48. The third-order valence-electron chi connectivity index (χ3n) is 6.14. The highest BCUT2D eigenvalue weighted by Crippen LogP contribution is 2.45. The third-order valence-corrected chi connectivity index (χ3v) is 6.14. The van der Waals surface area contributed by atoms with E-state index in [1.165, 1.54) is 12.1 Å². The molecule has 0 radical (unpaired) electrons. The number of hydrogen-bond acceptors (Lipinski definition) is 4. The highest BCUT2D eigenvalue weighted by Gasteiger charge is 2.42. The predicted octanol–water partition coefficient (Wildman–Crippen LogP) is 5.76. The normalized spacial score (nSPS) is 14.8. The minimum atomic E-state index is -0.411. The quantitative estimate of drug-likeness (QED) is 0.355. The van der Waals surface area contributed by atoms with Gasteiger partial charge >= 0.3 is 0 Å². The van der Waals surface area contributed by atoms with E-state index in [0.29, 0.717) is 30.3 Å². The second kappa shape index (κ2) is 9.62. The Morgan fingerprint density at radius 3 is 2.51 bits per heavy atom. The van der Waals surface area contributed by atoms with Gasteiger partial charge in [0, 0.05) is 17.7 Å². The molecule has 1 atom stereocenters. The van der Waals surface area contributed by atoms with Crippen molar-refractivity contribution in [3.05, 3.63) is 101 Å². The molecule has 0 saturated carbocycles. The molecule has 0 aliphatic carbocycles. The largest absolute Gasteiger partial charge is 0.493 e. The number of amides is 1. The van der Waals surface area contributed by atoms with Crippen molar-refractivity contribution in [1.29, 1.82) is 0 Å². The Balaban J connectivity index is 1.62. The highest BCUT2D eigenvalue weighted by molar-refractivity contribution is 6.00. The first-order valence-corrected chi connectivity index (χ1v) is 11.6. The fourth-order valence-corrected chi connectivity index (χ4v) is 4.49. The molecule has 1 aliphatic heterocycles. The van der Waals surface area contributed by atoms with Crippen LogP contribution < -0.4 is 9.47 Å². The lowest BCUT2D eigenvalue weighted by Gasteiger charge is -2.27. The van der Waals surface area contributed by atoms with E-state index >= 15 is 0 Å².